The van der Waals surface area contributed by atoms with Crippen LogP contribution in [-0.2, 0) is 4.74 Å². The zero-order valence-electron chi connectivity index (χ0n) is 4.51. The molecule has 0 spiro atoms. The van der Waals surface area contributed by atoms with Crippen molar-refractivity contribution >= 4 is 11.6 Å². The highest BCUT2D eigenvalue weighted by Gasteiger charge is 2.24. The lowest BCUT2D eigenvalue weighted by atomic mass is 10.1. The van der Waals surface area contributed by atoms with Gasteiger partial charge in [-0.05, 0) is 0 Å². The van der Waals surface area contributed by atoms with Crippen LogP contribution in [0.25, 0.3) is 0 Å². The Hall–Kier alpha value is 0.210. The monoisotopic (exact) mass is 136 g/mol. The van der Waals surface area contributed by atoms with Gasteiger partial charge in [0.1, 0.15) is 0 Å². The Kier molecular flexibility index (Phi) is 2.11. The van der Waals surface area contributed by atoms with Crippen molar-refractivity contribution in [2.75, 3.05) is 19.8 Å². The molecule has 1 saturated heterocycles. The summed E-state index contributed by atoms with van der Waals surface area (Å²) in [5.74, 6) is 0.164. The lowest BCUT2D eigenvalue weighted by molar-refractivity contribution is 0.161. The summed E-state index contributed by atoms with van der Waals surface area (Å²) < 4.78 is 4.97. The third kappa shape index (κ3) is 1.13. The van der Waals surface area contributed by atoms with Crippen LogP contribution >= 0.6 is 11.6 Å². The van der Waals surface area contributed by atoms with E-state index in [9.17, 15) is 0 Å². The van der Waals surface area contributed by atoms with Crippen LogP contribution in [0.4, 0.5) is 0 Å². The predicted octanol–water partition coefficient (Wildman–Crippen LogP) is 0.232. The molecule has 1 rings (SSSR count). The maximum absolute atomic E-state index is 8.57. The van der Waals surface area contributed by atoms with Crippen molar-refractivity contribution in [1.29, 1.82) is 0 Å². The summed E-state index contributed by atoms with van der Waals surface area (Å²) in [7, 11) is 0. The molecule has 0 amide bonds. The first-order valence-corrected chi connectivity index (χ1v) is 3.11. The van der Waals surface area contributed by atoms with Gasteiger partial charge in [-0.15, -0.1) is 11.6 Å². The Bertz CT molecular complexity index is 76.8. The van der Waals surface area contributed by atoms with Gasteiger partial charge in [0, 0.05) is 12.5 Å². The average Bonchev–Trinajstić information content (AvgIpc) is 2.14. The van der Waals surface area contributed by atoms with Crippen LogP contribution < -0.4 is 0 Å². The zero-order chi connectivity index (χ0) is 5.98. The van der Waals surface area contributed by atoms with Crippen LogP contribution in [0.2, 0.25) is 0 Å². The molecule has 0 saturated carbocycles. The maximum atomic E-state index is 8.57. The van der Waals surface area contributed by atoms with Gasteiger partial charge >= 0.3 is 0 Å². The van der Waals surface area contributed by atoms with Gasteiger partial charge in [-0.2, -0.15) is 0 Å². The van der Waals surface area contributed by atoms with Crippen molar-refractivity contribution in [2.24, 2.45) is 5.92 Å². The van der Waals surface area contributed by atoms with Gasteiger partial charge in [-0.3, -0.25) is 0 Å². The first kappa shape index (κ1) is 6.33. The minimum atomic E-state index is 0.0278. The summed E-state index contributed by atoms with van der Waals surface area (Å²) in [6, 6.07) is 0. The van der Waals surface area contributed by atoms with E-state index in [1.807, 2.05) is 0 Å². The maximum Gasteiger partial charge on any atom is 0.0641 e. The van der Waals surface area contributed by atoms with Gasteiger partial charge in [0.2, 0.25) is 0 Å². The average molecular weight is 137 g/mol. The Labute approximate surface area is 53.4 Å². The third-order valence-corrected chi connectivity index (χ3v) is 1.84. The summed E-state index contributed by atoms with van der Waals surface area (Å²) in [5, 5.41) is 8.60. The van der Waals surface area contributed by atoms with Crippen LogP contribution in [-0.4, -0.2) is 30.3 Å². The SMILES string of the molecule is OCC1COCC1Cl. The quantitative estimate of drug-likeness (QED) is 0.523. The summed E-state index contributed by atoms with van der Waals surface area (Å²) in [4.78, 5) is 0. The van der Waals surface area contributed by atoms with Gasteiger partial charge in [-0.1, -0.05) is 0 Å². The molecule has 1 fully saturated rings. The molecule has 1 aliphatic heterocycles. The molecule has 0 aromatic rings. The summed E-state index contributed by atoms with van der Waals surface area (Å²) in [6.07, 6.45) is 0. The molecular weight excluding hydrogens is 128 g/mol. The molecule has 1 aliphatic rings. The first-order chi connectivity index (χ1) is 3.84. The topological polar surface area (TPSA) is 29.5 Å². The molecule has 1 N–H and O–H groups in total. The van der Waals surface area contributed by atoms with Crippen molar-refractivity contribution in [3.8, 4) is 0 Å². The number of aliphatic hydroxyl groups is 1. The largest absolute Gasteiger partial charge is 0.396 e. The van der Waals surface area contributed by atoms with Crippen molar-refractivity contribution in [3.63, 3.8) is 0 Å². The molecule has 0 aromatic carbocycles. The summed E-state index contributed by atoms with van der Waals surface area (Å²) >= 11 is 5.69. The standard InChI is InChI=1S/C5H9ClO2/c6-5-3-8-2-4(5)1-7/h4-5,7H,1-3H2. The number of halogens is 1. The molecule has 0 bridgehead atoms. The molecule has 2 nitrogen and oxygen atoms in total. The molecule has 48 valence electrons. The Morgan fingerprint density at radius 1 is 1.62 bits per heavy atom. The van der Waals surface area contributed by atoms with Gasteiger partial charge < -0.3 is 9.84 Å². The van der Waals surface area contributed by atoms with Gasteiger partial charge in [0.25, 0.3) is 0 Å². The van der Waals surface area contributed by atoms with Crippen LogP contribution in [0.1, 0.15) is 0 Å². The molecule has 2 atom stereocenters. The summed E-state index contributed by atoms with van der Waals surface area (Å²) in [5.41, 5.74) is 0. The molecule has 3 heteroatoms. The fourth-order valence-corrected chi connectivity index (χ4v) is 0.981. The Balaban J connectivity index is 2.30. The van der Waals surface area contributed by atoms with Gasteiger partial charge in [0.05, 0.1) is 18.6 Å². The Morgan fingerprint density at radius 3 is 2.62 bits per heavy atom. The molecule has 2 unspecified atom stereocenters. The highest BCUT2D eigenvalue weighted by molar-refractivity contribution is 6.21. The minimum absolute atomic E-state index is 0.0278. The third-order valence-electron chi connectivity index (χ3n) is 1.36. The highest BCUT2D eigenvalue weighted by Crippen LogP contribution is 2.17. The van der Waals surface area contributed by atoms with E-state index >= 15 is 0 Å². The van der Waals surface area contributed by atoms with E-state index in [4.69, 9.17) is 21.4 Å². The number of alkyl halides is 1. The van der Waals surface area contributed by atoms with E-state index in [1.54, 1.807) is 0 Å². The van der Waals surface area contributed by atoms with Gasteiger partial charge in [-0.25, -0.2) is 0 Å². The lowest BCUT2D eigenvalue weighted by Gasteiger charge is -2.04. The fourth-order valence-electron chi connectivity index (χ4n) is 0.740. The van der Waals surface area contributed by atoms with Crippen molar-refractivity contribution < 1.29 is 9.84 Å². The van der Waals surface area contributed by atoms with Gasteiger partial charge in [0.15, 0.2) is 0 Å². The smallest absolute Gasteiger partial charge is 0.0641 e. The van der Waals surface area contributed by atoms with E-state index in [2.05, 4.69) is 0 Å². The van der Waals surface area contributed by atoms with Crippen LogP contribution in [0, 0.1) is 5.92 Å². The molecule has 1 heterocycles. The lowest BCUT2D eigenvalue weighted by Crippen LogP contribution is -2.15. The van der Waals surface area contributed by atoms with Crippen molar-refractivity contribution in [2.45, 2.75) is 5.38 Å². The number of aliphatic hydroxyl groups excluding tert-OH is 1. The number of hydrogen-bond acceptors (Lipinski definition) is 2. The normalized spacial score (nSPS) is 38.2. The number of ether oxygens (including phenoxy) is 1. The highest BCUT2D eigenvalue weighted by atomic mass is 35.5. The second-order valence-electron chi connectivity index (χ2n) is 2.00. The number of hydrogen-bond donors (Lipinski definition) is 1. The molecule has 0 radical (unpaired) electrons. The minimum Gasteiger partial charge on any atom is -0.396 e. The van der Waals surface area contributed by atoms with Crippen LogP contribution in [0.3, 0.4) is 0 Å². The van der Waals surface area contributed by atoms with Crippen molar-refractivity contribution in [3.05, 3.63) is 0 Å². The molecule has 0 aliphatic carbocycles. The first-order valence-electron chi connectivity index (χ1n) is 2.67. The number of rotatable bonds is 1. The zero-order valence-corrected chi connectivity index (χ0v) is 5.27. The molecule has 0 aromatic heterocycles. The van der Waals surface area contributed by atoms with E-state index in [-0.39, 0.29) is 17.9 Å². The second kappa shape index (κ2) is 2.67. The van der Waals surface area contributed by atoms with E-state index in [0.29, 0.717) is 13.2 Å². The van der Waals surface area contributed by atoms with Crippen molar-refractivity contribution in [1.82, 2.24) is 0 Å². The van der Waals surface area contributed by atoms with Crippen LogP contribution in [0.5, 0.6) is 0 Å². The molecular formula is C5H9ClO2. The second-order valence-corrected chi connectivity index (χ2v) is 2.56. The van der Waals surface area contributed by atoms with E-state index in [1.165, 1.54) is 0 Å². The van der Waals surface area contributed by atoms with Crippen LogP contribution in [0.15, 0.2) is 0 Å². The fraction of sp³-hybridized carbons (Fsp3) is 1.00. The summed E-state index contributed by atoms with van der Waals surface area (Å²) in [6.45, 7) is 1.35. The van der Waals surface area contributed by atoms with E-state index in [0.717, 1.165) is 0 Å². The van der Waals surface area contributed by atoms with E-state index < -0.39 is 0 Å². The predicted molar refractivity (Wildman–Crippen MR) is 31.0 cm³/mol. The Morgan fingerprint density at radius 2 is 2.38 bits per heavy atom. The molecule has 8 heavy (non-hydrogen) atoms.